The Morgan fingerprint density at radius 1 is 0.688 bits per heavy atom. The summed E-state index contributed by atoms with van der Waals surface area (Å²) in [5, 5.41) is 5.02. The van der Waals surface area contributed by atoms with Crippen LogP contribution < -0.4 is 10.0 Å². The number of rotatable bonds is 6. The molecule has 0 radical (unpaired) electrons. The lowest BCUT2D eigenvalue weighted by Gasteiger charge is -2.15. The summed E-state index contributed by atoms with van der Waals surface area (Å²) in [5.41, 5.74) is 3.45. The zero-order valence-electron chi connectivity index (χ0n) is 17.1. The van der Waals surface area contributed by atoms with E-state index in [4.69, 9.17) is 0 Å². The van der Waals surface area contributed by atoms with Gasteiger partial charge in [-0.25, -0.2) is 8.42 Å². The largest absolute Gasteiger partial charge is 0.380 e. The first-order valence-corrected chi connectivity index (χ1v) is 11.6. The van der Waals surface area contributed by atoms with Crippen LogP contribution >= 0.6 is 0 Å². The van der Waals surface area contributed by atoms with E-state index in [9.17, 15) is 8.42 Å². The molecule has 32 heavy (non-hydrogen) atoms. The van der Waals surface area contributed by atoms with Crippen LogP contribution in [-0.4, -0.2) is 18.4 Å². The van der Waals surface area contributed by atoms with Crippen molar-refractivity contribution in [3.8, 4) is 0 Å². The number of para-hydroxylation sites is 1. The Morgan fingerprint density at radius 3 is 2.25 bits per heavy atom. The van der Waals surface area contributed by atoms with Crippen molar-refractivity contribution in [3.63, 3.8) is 0 Å². The van der Waals surface area contributed by atoms with Crippen molar-refractivity contribution in [1.29, 1.82) is 0 Å². The fourth-order valence-electron chi connectivity index (χ4n) is 3.70. The van der Waals surface area contributed by atoms with E-state index in [2.05, 4.69) is 20.0 Å². The topological polar surface area (TPSA) is 84.0 Å². The average molecular weight is 441 g/mol. The van der Waals surface area contributed by atoms with Crippen molar-refractivity contribution in [2.75, 3.05) is 10.0 Å². The molecule has 0 saturated heterocycles. The quantitative estimate of drug-likeness (QED) is 0.379. The molecular weight excluding hydrogens is 420 g/mol. The van der Waals surface area contributed by atoms with Gasteiger partial charge in [-0.15, -0.1) is 0 Å². The third-order valence-corrected chi connectivity index (χ3v) is 6.62. The number of sulfonamides is 1. The Balaban J connectivity index is 1.51. The van der Waals surface area contributed by atoms with Crippen molar-refractivity contribution >= 4 is 43.2 Å². The summed E-state index contributed by atoms with van der Waals surface area (Å²) in [6.07, 6.45) is 3.24. The van der Waals surface area contributed by atoms with Gasteiger partial charge in [0.15, 0.2) is 0 Å². The van der Waals surface area contributed by atoms with Gasteiger partial charge in [0.1, 0.15) is 4.90 Å². The first-order valence-electron chi connectivity index (χ1n) is 10.1. The molecule has 0 bridgehead atoms. The molecule has 0 aliphatic carbocycles. The number of aromatic nitrogens is 2. The number of pyridine rings is 2. The van der Waals surface area contributed by atoms with Gasteiger partial charge in [0.25, 0.3) is 10.0 Å². The number of hydrogen-bond donors (Lipinski definition) is 2. The number of fused-ring (bicyclic) bond motifs is 2. The molecular formula is C25H20N4O2S. The fourth-order valence-corrected chi connectivity index (χ4v) is 4.94. The second-order valence-electron chi connectivity index (χ2n) is 7.34. The highest BCUT2D eigenvalue weighted by molar-refractivity contribution is 7.93. The number of nitrogens with zero attached hydrogens (tertiary/aromatic N) is 2. The second kappa shape index (κ2) is 8.28. The molecule has 0 unspecified atom stereocenters. The van der Waals surface area contributed by atoms with Gasteiger partial charge in [0, 0.05) is 35.4 Å². The molecule has 0 aliphatic rings. The standard InChI is InChI=1S/C25H20N4O2S/c30-32(31,23-12-4-9-19-10-5-15-26-24(19)23)29-22-14-13-21(20-11-6-16-27-25(20)22)28-17-18-7-2-1-3-8-18/h1-16,28-29H,17H2. The van der Waals surface area contributed by atoms with Gasteiger partial charge in [-0.3, -0.25) is 14.7 Å². The molecule has 0 saturated carbocycles. The Bertz CT molecular complexity index is 1510. The highest BCUT2D eigenvalue weighted by Gasteiger charge is 2.20. The average Bonchev–Trinajstić information content (AvgIpc) is 2.84. The van der Waals surface area contributed by atoms with Crippen molar-refractivity contribution < 1.29 is 8.42 Å². The number of anilines is 2. The maximum Gasteiger partial charge on any atom is 0.264 e. The van der Waals surface area contributed by atoms with Crippen LogP contribution in [0.15, 0.2) is 102 Å². The molecule has 5 rings (SSSR count). The monoisotopic (exact) mass is 440 g/mol. The minimum absolute atomic E-state index is 0.131. The first-order chi connectivity index (χ1) is 15.6. The van der Waals surface area contributed by atoms with Crippen molar-refractivity contribution in [2.45, 2.75) is 11.4 Å². The van der Waals surface area contributed by atoms with E-state index in [1.54, 1.807) is 36.7 Å². The number of benzene rings is 3. The van der Waals surface area contributed by atoms with Crippen LogP contribution in [0, 0.1) is 0 Å². The fraction of sp³-hybridized carbons (Fsp3) is 0.0400. The molecule has 2 heterocycles. The SMILES string of the molecule is O=S(=O)(Nc1ccc(NCc2ccccc2)c2cccnc12)c1cccc2cccnc12. The van der Waals surface area contributed by atoms with Crippen LogP contribution in [0.5, 0.6) is 0 Å². The molecule has 158 valence electrons. The van der Waals surface area contributed by atoms with Gasteiger partial charge in [0.05, 0.1) is 16.7 Å². The van der Waals surface area contributed by atoms with Gasteiger partial charge in [-0.05, 0) is 42.0 Å². The van der Waals surface area contributed by atoms with Crippen molar-refractivity contribution in [3.05, 3.63) is 103 Å². The normalized spacial score (nSPS) is 11.5. The molecule has 6 nitrogen and oxygen atoms in total. The maximum atomic E-state index is 13.3. The summed E-state index contributed by atoms with van der Waals surface area (Å²) in [7, 11) is -3.87. The maximum absolute atomic E-state index is 13.3. The summed E-state index contributed by atoms with van der Waals surface area (Å²) in [6.45, 7) is 0.650. The predicted octanol–water partition coefficient (Wildman–Crippen LogP) is 5.20. The highest BCUT2D eigenvalue weighted by Crippen LogP contribution is 2.31. The third-order valence-electron chi connectivity index (χ3n) is 5.22. The molecule has 2 N–H and O–H groups in total. The Hall–Kier alpha value is -3.97. The number of hydrogen-bond acceptors (Lipinski definition) is 5. The van der Waals surface area contributed by atoms with Crippen LogP contribution in [0.25, 0.3) is 21.8 Å². The van der Waals surface area contributed by atoms with Gasteiger partial charge in [-0.2, -0.15) is 0 Å². The van der Waals surface area contributed by atoms with Crippen LogP contribution in [0.1, 0.15) is 5.56 Å². The van der Waals surface area contributed by atoms with Crippen LogP contribution in [0.2, 0.25) is 0 Å². The first kappa shape index (κ1) is 20.0. The summed E-state index contributed by atoms with van der Waals surface area (Å²) in [5.74, 6) is 0. The van der Waals surface area contributed by atoms with E-state index in [0.717, 1.165) is 22.0 Å². The lowest BCUT2D eigenvalue weighted by molar-refractivity contribution is 0.602. The molecule has 0 atom stereocenters. The number of nitrogens with one attached hydrogen (secondary N) is 2. The molecule has 2 aromatic heterocycles. The Kier molecular flexibility index (Phi) is 5.17. The lowest BCUT2D eigenvalue weighted by atomic mass is 10.1. The van der Waals surface area contributed by atoms with E-state index in [0.29, 0.717) is 23.3 Å². The van der Waals surface area contributed by atoms with Gasteiger partial charge < -0.3 is 5.32 Å². The van der Waals surface area contributed by atoms with Gasteiger partial charge in [-0.1, -0.05) is 48.5 Å². The van der Waals surface area contributed by atoms with Crippen LogP contribution in [0.3, 0.4) is 0 Å². The highest BCUT2D eigenvalue weighted by atomic mass is 32.2. The third kappa shape index (κ3) is 3.86. The van der Waals surface area contributed by atoms with Crippen molar-refractivity contribution in [2.24, 2.45) is 0 Å². The zero-order chi connectivity index (χ0) is 22.0. The zero-order valence-corrected chi connectivity index (χ0v) is 17.9. The molecule has 3 aromatic carbocycles. The second-order valence-corrected chi connectivity index (χ2v) is 8.99. The van der Waals surface area contributed by atoms with Crippen LogP contribution in [-0.2, 0) is 16.6 Å². The molecule has 0 fully saturated rings. The molecule has 5 aromatic rings. The van der Waals surface area contributed by atoms with Gasteiger partial charge in [0.2, 0.25) is 0 Å². The smallest absolute Gasteiger partial charge is 0.264 e. The summed E-state index contributed by atoms with van der Waals surface area (Å²) < 4.78 is 29.2. The Morgan fingerprint density at radius 2 is 1.41 bits per heavy atom. The van der Waals surface area contributed by atoms with Crippen LogP contribution in [0.4, 0.5) is 11.4 Å². The molecule has 7 heteroatoms. The van der Waals surface area contributed by atoms with E-state index in [1.165, 1.54) is 0 Å². The Labute approximate surface area is 186 Å². The summed E-state index contributed by atoms with van der Waals surface area (Å²) in [4.78, 5) is 8.86. The summed E-state index contributed by atoms with van der Waals surface area (Å²) >= 11 is 0. The minimum atomic E-state index is -3.87. The molecule has 0 aliphatic heterocycles. The minimum Gasteiger partial charge on any atom is -0.380 e. The van der Waals surface area contributed by atoms with E-state index in [-0.39, 0.29) is 4.90 Å². The summed E-state index contributed by atoms with van der Waals surface area (Å²) in [6, 6.07) is 26.2. The lowest BCUT2D eigenvalue weighted by Crippen LogP contribution is -2.14. The van der Waals surface area contributed by atoms with E-state index >= 15 is 0 Å². The molecule has 0 spiro atoms. The van der Waals surface area contributed by atoms with Crippen molar-refractivity contribution in [1.82, 2.24) is 9.97 Å². The predicted molar refractivity (Wildman–Crippen MR) is 128 cm³/mol. The van der Waals surface area contributed by atoms with Gasteiger partial charge >= 0.3 is 0 Å². The van der Waals surface area contributed by atoms with E-state index in [1.807, 2.05) is 60.7 Å². The van der Waals surface area contributed by atoms with E-state index < -0.39 is 10.0 Å². The molecule has 0 amide bonds.